The largest absolute Gasteiger partial charge is 0.494 e. The predicted octanol–water partition coefficient (Wildman–Crippen LogP) is 4.38. The SMILES string of the molecule is CCCCCCCOc1cccc(C(=O)Nc2ccccc2OCc2nn[nH]n2)c1. The maximum absolute atomic E-state index is 12.7. The van der Waals surface area contributed by atoms with Crippen molar-refractivity contribution in [2.24, 2.45) is 0 Å². The number of para-hydroxylation sites is 2. The third kappa shape index (κ3) is 6.58. The van der Waals surface area contributed by atoms with Crippen LogP contribution in [0.4, 0.5) is 5.69 Å². The highest BCUT2D eigenvalue weighted by molar-refractivity contribution is 6.05. The summed E-state index contributed by atoms with van der Waals surface area (Å²) < 4.78 is 11.5. The van der Waals surface area contributed by atoms with Gasteiger partial charge in [-0.2, -0.15) is 5.21 Å². The fraction of sp³-hybridized carbons (Fsp3) is 0.364. The molecule has 3 rings (SSSR count). The quantitative estimate of drug-likeness (QED) is 0.430. The summed E-state index contributed by atoms with van der Waals surface area (Å²) in [5.74, 6) is 1.41. The van der Waals surface area contributed by atoms with Crippen LogP contribution in [-0.2, 0) is 6.61 Å². The summed E-state index contributed by atoms with van der Waals surface area (Å²) >= 11 is 0. The van der Waals surface area contributed by atoms with E-state index in [1.54, 1.807) is 24.3 Å². The normalized spacial score (nSPS) is 10.6. The number of carbonyl (C=O) groups is 1. The molecule has 8 heteroatoms. The maximum Gasteiger partial charge on any atom is 0.255 e. The molecule has 2 N–H and O–H groups in total. The van der Waals surface area contributed by atoms with Gasteiger partial charge in [0.25, 0.3) is 5.91 Å². The van der Waals surface area contributed by atoms with E-state index in [4.69, 9.17) is 9.47 Å². The van der Waals surface area contributed by atoms with Crippen LogP contribution in [0, 0.1) is 0 Å². The van der Waals surface area contributed by atoms with Crippen molar-refractivity contribution in [3.8, 4) is 11.5 Å². The van der Waals surface area contributed by atoms with Crippen LogP contribution in [0.15, 0.2) is 48.5 Å². The van der Waals surface area contributed by atoms with E-state index < -0.39 is 0 Å². The number of carbonyl (C=O) groups excluding carboxylic acids is 1. The summed E-state index contributed by atoms with van der Waals surface area (Å²) in [6.07, 6.45) is 5.89. The number of tetrazole rings is 1. The minimum Gasteiger partial charge on any atom is -0.494 e. The zero-order valence-corrected chi connectivity index (χ0v) is 17.1. The minimum atomic E-state index is -0.237. The second-order valence-corrected chi connectivity index (χ2v) is 6.86. The van der Waals surface area contributed by atoms with Crippen LogP contribution in [0.25, 0.3) is 0 Å². The van der Waals surface area contributed by atoms with Gasteiger partial charge in [0.2, 0.25) is 5.82 Å². The molecule has 3 aromatic rings. The van der Waals surface area contributed by atoms with Gasteiger partial charge in [-0.3, -0.25) is 4.79 Å². The molecule has 0 saturated heterocycles. The van der Waals surface area contributed by atoms with Crippen LogP contribution in [0.1, 0.15) is 55.2 Å². The molecule has 2 aromatic carbocycles. The van der Waals surface area contributed by atoms with Gasteiger partial charge in [0.1, 0.15) is 11.5 Å². The highest BCUT2D eigenvalue weighted by Gasteiger charge is 2.11. The van der Waals surface area contributed by atoms with Crippen molar-refractivity contribution in [1.82, 2.24) is 20.6 Å². The number of hydrogen-bond acceptors (Lipinski definition) is 6. The number of H-pyrrole nitrogens is 1. The predicted molar refractivity (Wildman–Crippen MR) is 114 cm³/mol. The molecule has 0 unspecified atom stereocenters. The number of ether oxygens (including phenoxy) is 2. The molecule has 0 atom stereocenters. The van der Waals surface area contributed by atoms with Crippen LogP contribution in [0.5, 0.6) is 11.5 Å². The van der Waals surface area contributed by atoms with Gasteiger partial charge < -0.3 is 14.8 Å². The lowest BCUT2D eigenvalue weighted by Gasteiger charge is -2.12. The van der Waals surface area contributed by atoms with E-state index in [0.29, 0.717) is 35.2 Å². The summed E-state index contributed by atoms with van der Waals surface area (Å²) in [6, 6.07) is 14.4. The molecular weight excluding hydrogens is 382 g/mol. The van der Waals surface area contributed by atoms with Gasteiger partial charge in [-0.15, -0.1) is 10.2 Å². The van der Waals surface area contributed by atoms with Gasteiger partial charge >= 0.3 is 0 Å². The summed E-state index contributed by atoms with van der Waals surface area (Å²) in [7, 11) is 0. The molecule has 1 aromatic heterocycles. The number of rotatable bonds is 12. The first-order valence-corrected chi connectivity index (χ1v) is 10.2. The lowest BCUT2D eigenvalue weighted by Crippen LogP contribution is -2.13. The average Bonchev–Trinajstić information content (AvgIpc) is 3.29. The second kappa shape index (κ2) is 11.5. The fourth-order valence-electron chi connectivity index (χ4n) is 2.90. The molecule has 0 bridgehead atoms. The Hall–Kier alpha value is -3.42. The third-order valence-corrected chi connectivity index (χ3v) is 4.49. The Morgan fingerprint density at radius 3 is 2.73 bits per heavy atom. The number of nitrogens with one attached hydrogen (secondary N) is 2. The number of nitrogens with zero attached hydrogens (tertiary/aromatic N) is 3. The molecule has 30 heavy (non-hydrogen) atoms. The molecule has 0 saturated carbocycles. The van der Waals surface area contributed by atoms with E-state index >= 15 is 0 Å². The highest BCUT2D eigenvalue weighted by Crippen LogP contribution is 2.25. The minimum absolute atomic E-state index is 0.144. The first kappa shape index (κ1) is 21.3. The van der Waals surface area contributed by atoms with Gasteiger partial charge in [-0.1, -0.05) is 56.0 Å². The van der Waals surface area contributed by atoms with Gasteiger partial charge in [-0.05, 0) is 36.8 Å². The van der Waals surface area contributed by atoms with E-state index in [1.165, 1.54) is 19.3 Å². The van der Waals surface area contributed by atoms with Crippen LogP contribution in [0.3, 0.4) is 0 Å². The summed E-state index contributed by atoms with van der Waals surface area (Å²) in [4.78, 5) is 12.7. The van der Waals surface area contributed by atoms with E-state index in [9.17, 15) is 4.79 Å². The Bertz CT molecular complexity index is 915. The van der Waals surface area contributed by atoms with E-state index in [2.05, 4.69) is 32.9 Å². The van der Waals surface area contributed by atoms with Gasteiger partial charge in [0.15, 0.2) is 6.61 Å². The molecule has 0 aliphatic rings. The first-order valence-electron chi connectivity index (χ1n) is 10.2. The van der Waals surface area contributed by atoms with Gasteiger partial charge in [0, 0.05) is 5.56 Å². The van der Waals surface area contributed by atoms with Gasteiger partial charge in [0.05, 0.1) is 12.3 Å². The van der Waals surface area contributed by atoms with Crippen molar-refractivity contribution < 1.29 is 14.3 Å². The number of aromatic amines is 1. The number of unbranched alkanes of at least 4 members (excludes halogenated alkanes) is 4. The topological polar surface area (TPSA) is 102 Å². The summed E-state index contributed by atoms with van der Waals surface area (Å²) in [6.45, 7) is 3.00. The molecule has 0 spiro atoms. The zero-order valence-electron chi connectivity index (χ0n) is 17.1. The van der Waals surface area contributed by atoms with E-state index in [0.717, 1.165) is 12.8 Å². The number of aromatic nitrogens is 4. The van der Waals surface area contributed by atoms with Crippen molar-refractivity contribution in [3.63, 3.8) is 0 Å². The monoisotopic (exact) mass is 409 g/mol. The smallest absolute Gasteiger partial charge is 0.255 e. The third-order valence-electron chi connectivity index (χ3n) is 4.49. The number of benzene rings is 2. The van der Waals surface area contributed by atoms with Crippen molar-refractivity contribution in [2.45, 2.75) is 45.6 Å². The molecule has 158 valence electrons. The Morgan fingerprint density at radius 1 is 1.03 bits per heavy atom. The molecule has 0 aliphatic heterocycles. The number of hydrogen-bond donors (Lipinski definition) is 2. The van der Waals surface area contributed by atoms with Crippen LogP contribution in [0.2, 0.25) is 0 Å². The Balaban J connectivity index is 1.55. The van der Waals surface area contributed by atoms with E-state index in [1.807, 2.05) is 24.3 Å². The molecular formula is C22H27N5O3. The number of anilines is 1. The maximum atomic E-state index is 12.7. The molecule has 0 fully saturated rings. The first-order chi connectivity index (χ1) is 14.8. The Labute approximate surface area is 176 Å². The molecule has 1 heterocycles. The standard InChI is InChI=1S/C22H27N5O3/c1-2-3-4-5-8-14-29-18-11-9-10-17(15-18)22(28)23-19-12-6-7-13-20(19)30-16-21-24-26-27-25-21/h6-7,9-13,15H,2-5,8,14,16H2,1H3,(H,23,28)(H,24,25,26,27). The Kier molecular flexibility index (Phi) is 8.20. The van der Waals surface area contributed by atoms with Crippen LogP contribution < -0.4 is 14.8 Å². The van der Waals surface area contributed by atoms with Crippen LogP contribution in [-0.4, -0.2) is 33.1 Å². The molecule has 8 nitrogen and oxygen atoms in total. The van der Waals surface area contributed by atoms with Crippen molar-refractivity contribution in [2.75, 3.05) is 11.9 Å². The average molecular weight is 409 g/mol. The van der Waals surface area contributed by atoms with Crippen LogP contribution >= 0.6 is 0 Å². The van der Waals surface area contributed by atoms with Crippen molar-refractivity contribution in [3.05, 3.63) is 59.9 Å². The molecule has 0 aliphatic carbocycles. The van der Waals surface area contributed by atoms with Gasteiger partial charge in [-0.25, -0.2) is 0 Å². The molecule has 0 radical (unpaired) electrons. The second-order valence-electron chi connectivity index (χ2n) is 6.86. The van der Waals surface area contributed by atoms with Crippen molar-refractivity contribution >= 4 is 11.6 Å². The number of amides is 1. The zero-order chi connectivity index (χ0) is 21.0. The van der Waals surface area contributed by atoms with E-state index in [-0.39, 0.29) is 12.5 Å². The summed E-state index contributed by atoms with van der Waals surface area (Å²) in [5.41, 5.74) is 1.08. The van der Waals surface area contributed by atoms with Crippen molar-refractivity contribution in [1.29, 1.82) is 0 Å². The molecule has 1 amide bonds. The fourth-order valence-corrected chi connectivity index (χ4v) is 2.90. The lowest BCUT2D eigenvalue weighted by atomic mass is 10.1. The lowest BCUT2D eigenvalue weighted by molar-refractivity contribution is 0.102. The highest BCUT2D eigenvalue weighted by atomic mass is 16.5. The Morgan fingerprint density at radius 2 is 1.90 bits per heavy atom. The summed E-state index contributed by atoms with van der Waals surface area (Å²) in [5, 5.41) is 16.5.